The maximum absolute atomic E-state index is 13.4. The highest BCUT2D eigenvalue weighted by Gasteiger charge is 2.31. The molecule has 0 saturated carbocycles. The fourth-order valence-electron chi connectivity index (χ4n) is 4.04. The Labute approximate surface area is 237 Å². The number of hydrogen-bond donors (Lipinski definition) is 3. The number of rotatable bonds is 9. The minimum absolute atomic E-state index is 0.0437. The van der Waals surface area contributed by atoms with Gasteiger partial charge in [-0.1, -0.05) is 53.6 Å². The molecular formula is C29H24F3N7O3. The van der Waals surface area contributed by atoms with Gasteiger partial charge in [-0.3, -0.25) is 9.79 Å². The van der Waals surface area contributed by atoms with E-state index in [-0.39, 0.29) is 29.8 Å². The lowest BCUT2D eigenvalue weighted by Crippen LogP contribution is -2.32. The zero-order valence-corrected chi connectivity index (χ0v) is 22.1. The number of furan rings is 1. The second-order valence-electron chi connectivity index (χ2n) is 9.02. The molecular weight excluding hydrogens is 551 g/mol. The van der Waals surface area contributed by atoms with E-state index in [1.165, 1.54) is 6.26 Å². The summed E-state index contributed by atoms with van der Waals surface area (Å²) in [6.07, 6.45) is -3.48. The van der Waals surface area contributed by atoms with Crippen LogP contribution in [-0.4, -0.2) is 40.9 Å². The number of alkyl halides is 3. The minimum atomic E-state index is -4.59. The molecule has 1 aliphatic heterocycles. The molecule has 214 valence electrons. The van der Waals surface area contributed by atoms with Gasteiger partial charge in [0.2, 0.25) is 6.17 Å². The Kier molecular flexibility index (Phi) is 8.00. The van der Waals surface area contributed by atoms with E-state index in [4.69, 9.17) is 8.83 Å². The van der Waals surface area contributed by atoms with Gasteiger partial charge < -0.3 is 24.8 Å². The van der Waals surface area contributed by atoms with Crippen LogP contribution in [-0.2, 0) is 11.3 Å². The van der Waals surface area contributed by atoms with Crippen LogP contribution in [0.2, 0.25) is 0 Å². The van der Waals surface area contributed by atoms with Crippen LogP contribution in [0.4, 0.5) is 24.9 Å². The summed E-state index contributed by atoms with van der Waals surface area (Å²) < 4.78 is 51.1. The Bertz CT molecular complexity index is 1670. The lowest BCUT2D eigenvalue weighted by Gasteiger charge is -2.12. The Balaban J connectivity index is 1.48. The van der Waals surface area contributed by atoms with Gasteiger partial charge >= 0.3 is 12.2 Å². The molecule has 3 heterocycles. The zero-order chi connectivity index (χ0) is 29.7. The predicted molar refractivity (Wildman–Crippen MR) is 151 cm³/mol. The third kappa shape index (κ3) is 6.30. The van der Waals surface area contributed by atoms with E-state index in [0.29, 0.717) is 22.7 Å². The standard InChI is InChI=1S/C29H24F3N7O3/c1-17(29(30,31)32)15-22(34-16-19-11-8-14-41-19)24(33-2)27-38-39-28(42-27)37-25-26(40)35-21-13-7-6-12-20(21)23(36-25)18-9-4-3-5-10-18/h3-15,25,34H,2,16H2,1H3,(H,35,40)(H,37,39)/b17-15+,24-22+/t25-/m1/s1. The number of benzodiazepines with no additional fused rings is 1. The van der Waals surface area contributed by atoms with Gasteiger partial charge in [0.15, 0.2) is 0 Å². The van der Waals surface area contributed by atoms with Crippen LogP contribution in [0.5, 0.6) is 0 Å². The molecule has 1 atom stereocenters. The first-order chi connectivity index (χ1) is 20.2. The van der Waals surface area contributed by atoms with E-state index >= 15 is 0 Å². The summed E-state index contributed by atoms with van der Waals surface area (Å²) in [6, 6.07) is 19.6. The average molecular weight is 576 g/mol. The lowest BCUT2D eigenvalue weighted by atomic mass is 10.0. The summed E-state index contributed by atoms with van der Waals surface area (Å²) in [5.41, 5.74) is 1.48. The highest BCUT2D eigenvalue weighted by molar-refractivity contribution is 6.19. The summed E-state index contributed by atoms with van der Waals surface area (Å²) in [5, 5.41) is 16.4. The molecule has 42 heavy (non-hydrogen) atoms. The number of amides is 1. The number of aromatic nitrogens is 2. The van der Waals surface area contributed by atoms with E-state index < -0.39 is 23.8 Å². The second-order valence-corrected chi connectivity index (χ2v) is 9.02. The van der Waals surface area contributed by atoms with Gasteiger partial charge in [0, 0.05) is 16.7 Å². The van der Waals surface area contributed by atoms with E-state index in [0.717, 1.165) is 18.6 Å². The van der Waals surface area contributed by atoms with Crippen LogP contribution in [0.15, 0.2) is 109 Å². The van der Waals surface area contributed by atoms with Gasteiger partial charge in [0.05, 0.1) is 29.9 Å². The number of carbonyl (C=O) groups excluding carboxylic acids is 1. The number of halogens is 3. The number of allylic oxidation sites excluding steroid dienone is 2. The second kappa shape index (κ2) is 12.0. The first-order valence-electron chi connectivity index (χ1n) is 12.6. The number of benzene rings is 2. The quantitative estimate of drug-likeness (QED) is 0.176. The number of para-hydroxylation sites is 1. The molecule has 0 saturated heterocycles. The third-order valence-corrected chi connectivity index (χ3v) is 6.14. The molecule has 0 spiro atoms. The number of fused-ring (bicyclic) bond motifs is 1. The molecule has 10 nitrogen and oxygen atoms in total. The van der Waals surface area contributed by atoms with Crippen molar-refractivity contribution in [2.24, 2.45) is 9.98 Å². The molecule has 3 N–H and O–H groups in total. The lowest BCUT2D eigenvalue weighted by molar-refractivity contribution is -0.116. The molecule has 0 radical (unpaired) electrons. The average Bonchev–Trinajstić information content (AvgIpc) is 3.64. The van der Waals surface area contributed by atoms with Gasteiger partial charge in [0.25, 0.3) is 11.8 Å². The van der Waals surface area contributed by atoms with E-state index in [9.17, 15) is 18.0 Å². The van der Waals surface area contributed by atoms with Gasteiger partial charge in [-0.25, -0.2) is 4.99 Å². The molecule has 5 rings (SSSR count). The summed E-state index contributed by atoms with van der Waals surface area (Å²) >= 11 is 0. The van der Waals surface area contributed by atoms with Crippen LogP contribution in [0.1, 0.15) is 29.7 Å². The Morgan fingerprint density at radius 3 is 2.57 bits per heavy atom. The monoisotopic (exact) mass is 575 g/mol. The van der Waals surface area contributed by atoms with E-state index in [1.54, 1.807) is 24.3 Å². The molecule has 4 aromatic rings. The van der Waals surface area contributed by atoms with Crippen molar-refractivity contribution < 1.29 is 26.8 Å². The van der Waals surface area contributed by atoms with Crippen molar-refractivity contribution in [2.75, 3.05) is 10.6 Å². The molecule has 1 amide bonds. The molecule has 0 bridgehead atoms. The largest absolute Gasteiger partial charge is 0.467 e. The fourth-order valence-corrected chi connectivity index (χ4v) is 4.04. The van der Waals surface area contributed by atoms with Crippen molar-refractivity contribution in [3.63, 3.8) is 0 Å². The number of nitrogens with one attached hydrogen (secondary N) is 3. The molecule has 2 aromatic heterocycles. The van der Waals surface area contributed by atoms with Crippen LogP contribution in [0, 0.1) is 0 Å². The number of nitrogens with zero attached hydrogens (tertiary/aromatic N) is 4. The maximum atomic E-state index is 13.4. The maximum Gasteiger partial charge on any atom is 0.412 e. The number of hydrogen-bond acceptors (Lipinski definition) is 9. The number of anilines is 2. The summed E-state index contributed by atoms with van der Waals surface area (Å²) in [4.78, 5) is 21.6. The third-order valence-electron chi connectivity index (χ3n) is 6.14. The summed E-state index contributed by atoms with van der Waals surface area (Å²) in [7, 11) is 0. The smallest absolute Gasteiger partial charge is 0.412 e. The Morgan fingerprint density at radius 2 is 1.86 bits per heavy atom. The van der Waals surface area contributed by atoms with Gasteiger partial charge in [-0.15, -0.1) is 5.10 Å². The number of carbonyl (C=O) groups is 1. The normalized spacial score (nSPS) is 16.0. The highest BCUT2D eigenvalue weighted by Crippen LogP contribution is 2.29. The van der Waals surface area contributed by atoms with Crippen LogP contribution < -0.4 is 16.0 Å². The van der Waals surface area contributed by atoms with Crippen molar-refractivity contribution >= 4 is 35.7 Å². The molecule has 0 fully saturated rings. The molecule has 2 aromatic carbocycles. The first-order valence-corrected chi connectivity index (χ1v) is 12.6. The number of aliphatic imine (C=N–C) groups is 2. The molecule has 13 heteroatoms. The van der Waals surface area contributed by atoms with Crippen molar-refractivity contribution in [1.82, 2.24) is 15.5 Å². The van der Waals surface area contributed by atoms with Crippen molar-refractivity contribution in [1.29, 1.82) is 0 Å². The fraction of sp³-hybridized carbons (Fsp3) is 0.138. The van der Waals surface area contributed by atoms with Gasteiger partial charge in [0.1, 0.15) is 11.5 Å². The van der Waals surface area contributed by atoms with E-state index in [1.807, 2.05) is 42.5 Å². The predicted octanol–water partition coefficient (Wildman–Crippen LogP) is 5.56. The summed E-state index contributed by atoms with van der Waals surface area (Å²) in [5.74, 6) is -0.269. The van der Waals surface area contributed by atoms with Crippen LogP contribution in [0.25, 0.3) is 5.70 Å². The van der Waals surface area contributed by atoms with Gasteiger partial charge in [-0.05, 0) is 37.9 Å². The van der Waals surface area contributed by atoms with Gasteiger partial charge in [-0.2, -0.15) is 13.2 Å². The summed E-state index contributed by atoms with van der Waals surface area (Å²) in [6.45, 7) is 4.43. The topological polar surface area (TPSA) is 130 Å². The molecule has 0 unspecified atom stereocenters. The first kappa shape index (κ1) is 28.1. The van der Waals surface area contributed by atoms with E-state index in [2.05, 4.69) is 42.9 Å². The zero-order valence-electron chi connectivity index (χ0n) is 22.1. The van der Waals surface area contributed by atoms with Crippen molar-refractivity contribution in [2.45, 2.75) is 25.8 Å². The highest BCUT2D eigenvalue weighted by atomic mass is 19.4. The van der Waals surface area contributed by atoms with Crippen LogP contribution in [0.3, 0.4) is 0 Å². The van der Waals surface area contributed by atoms with Crippen molar-refractivity contribution in [3.8, 4) is 0 Å². The molecule has 1 aliphatic rings. The van der Waals surface area contributed by atoms with Crippen molar-refractivity contribution in [3.05, 3.63) is 113 Å². The van der Waals surface area contributed by atoms with Crippen LogP contribution >= 0.6 is 0 Å². The SMILES string of the molecule is C=N/C(=C(\C=C(/C)C(F)(F)F)NCc1ccco1)c1nnc(N[C@H]2N=C(c3ccccc3)c3ccccc3NC2=O)o1. The molecule has 0 aliphatic carbocycles. The Morgan fingerprint density at radius 1 is 1.10 bits per heavy atom. The minimum Gasteiger partial charge on any atom is -0.467 e. The Hall–Kier alpha value is -5.46.